The minimum atomic E-state index is -0.159. The second-order valence-electron chi connectivity index (χ2n) is 5.71. The fraction of sp³-hybridized carbons (Fsp3) is 0.176. The monoisotopic (exact) mass is 320 g/mol. The van der Waals surface area contributed by atoms with Crippen molar-refractivity contribution in [2.75, 3.05) is 0 Å². The van der Waals surface area contributed by atoms with E-state index in [0.29, 0.717) is 17.9 Å². The van der Waals surface area contributed by atoms with Gasteiger partial charge in [0, 0.05) is 18.6 Å². The van der Waals surface area contributed by atoms with Crippen molar-refractivity contribution in [1.29, 1.82) is 0 Å². The highest BCUT2D eigenvalue weighted by Gasteiger charge is 2.16. The van der Waals surface area contributed by atoms with Gasteiger partial charge in [0.1, 0.15) is 11.3 Å². The van der Waals surface area contributed by atoms with Crippen LogP contribution in [0.5, 0.6) is 0 Å². The van der Waals surface area contributed by atoms with Gasteiger partial charge < -0.3 is 5.32 Å². The molecule has 120 valence electrons. The number of aromatic nitrogens is 5. The molecule has 24 heavy (non-hydrogen) atoms. The number of fused-ring (bicyclic) bond motifs is 2. The Bertz CT molecular complexity index is 1060. The first-order valence-electron chi connectivity index (χ1n) is 7.63. The van der Waals surface area contributed by atoms with Crippen LogP contribution >= 0.6 is 0 Å². The molecule has 0 unspecified atom stereocenters. The summed E-state index contributed by atoms with van der Waals surface area (Å²) in [5, 5.41) is 2.95. The van der Waals surface area contributed by atoms with Gasteiger partial charge in [0.15, 0.2) is 5.65 Å². The van der Waals surface area contributed by atoms with Crippen molar-refractivity contribution in [3.8, 4) is 0 Å². The normalized spacial score (nSPS) is 11.2. The van der Waals surface area contributed by atoms with Gasteiger partial charge in [-0.25, -0.2) is 9.97 Å². The van der Waals surface area contributed by atoms with Gasteiger partial charge in [0.25, 0.3) is 5.91 Å². The Morgan fingerprint density at radius 3 is 2.92 bits per heavy atom. The molecule has 0 atom stereocenters. The minimum absolute atomic E-state index is 0.159. The predicted octanol–water partition coefficient (Wildman–Crippen LogP) is 1.92. The summed E-state index contributed by atoms with van der Waals surface area (Å²) in [7, 11) is 0. The highest BCUT2D eigenvalue weighted by atomic mass is 16.1. The van der Waals surface area contributed by atoms with E-state index in [9.17, 15) is 4.79 Å². The van der Waals surface area contributed by atoms with Crippen LogP contribution in [0.4, 0.5) is 0 Å². The lowest BCUT2D eigenvalue weighted by molar-refractivity contribution is 0.0944. The number of imidazole rings is 2. The number of amides is 1. The van der Waals surface area contributed by atoms with Crippen molar-refractivity contribution in [2.45, 2.75) is 20.4 Å². The molecule has 0 saturated carbocycles. The molecule has 0 fully saturated rings. The summed E-state index contributed by atoms with van der Waals surface area (Å²) in [5.41, 5.74) is 4.80. The Labute approximate surface area is 138 Å². The maximum absolute atomic E-state index is 12.6. The smallest absolute Gasteiger partial charge is 0.270 e. The molecule has 0 aromatic carbocycles. The average molecular weight is 320 g/mol. The van der Waals surface area contributed by atoms with E-state index in [4.69, 9.17) is 0 Å². The molecule has 4 aromatic heterocycles. The Kier molecular flexibility index (Phi) is 3.26. The minimum Gasteiger partial charge on any atom is -0.345 e. The van der Waals surface area contributed by atoms with E-state index in [1.807, 2.05) is 47.2 Å². The molecule has 4 heterocycles. The van der Waals surface area contributed by atoms with Gasteiger partial charge >= 0.3 is 0 Å². The lowest BCUT2D eigenvalue weighted by atomic mass is 10.3. The number of hydrogen-bond acceptors (Lipinski definition) is 4. The van der Waals surface area contributed by atoms with Gasteiger partial charge in [0.2, 0.25) is 0 Å². The fourth-order valence-electron chi connectivity index (χ4n) is 2.82. The number of pyridine rings is 1. The lowest BCUT2D eigenvalue weighted by Gasteiger charge is -2.06. The molecule has 0 aliphatic heterocycles. The second kappa shape index (κ2) is 5.45. The van der Waals surface area contributed by atoms with E-state index in [1.54, 1.807) is 18.6 Å². The number of rotatable bonds is 3. The van der Waals surface area contributed by atoms with Crippen LogP contribution in [0.2, 0.25) is 0 Å². The molecule has 1 N–H and O–H groups in total. The second-order valence-corrected chi connectivity index (χ2v) is 5.71. The molecule has 0 spiro atoms. The molecule has 7 nitrogen and oxygen atoms in total. The summed E-state index contributed by atoms with van der Waals surface area (Å²) in [5.74, 6) is -0.159. The highest BCUT2D eigenvalue weighted by Crippen LogP contribution is 2.14. The van der Waals surface area contributed by atoms with Crippen LogP contribution in [0.15, 0.2) is 43.1 Å². The average Bonchev–Trinajstić information content (AvgIpc) is 3.12. The van der Waals surface area contributed by atoms with Gasteiger partial charge in [-0.05, 0) is 31.5 Å². The zero-order valence-corrected chi connectivity index (χ0v) is 13.4. The lowest BCUT2D eigenvalue weighted by Crippen LogP contribution is -2.25. The Balaban J connectivity index is 1.62. The molecular weight excluding hydrogens is 304 g/mol. The Hall–Kier alpha value is -3.22. The predicted molar refractivity (Wildman–Crippen MR) is 88.8 cm³/mol. The molecule has 7 heteroatoms. The zero-order chi connectivity index (χ0) is 16.7. The van der Waals surface area contributed by atoms with Crippen molar-refractivity contribution < 1.29 is 4.79 Å². The largest absolute Gasteiger partial charge is 0.345 e. The van der Waals surface area contributed by atoms with E-state index < -0.39 is 0 Å². The van der Waals surface area contributed by atoms with Gasteiger partial charge in [-0.15, -0.1) is 0 Å². The summed E-state index contributed by atoms with van der Waals surface area (Å²) >= 11 is 0. The summed E-state index contributed by atoms with van der Waals surface area (Å²) in [4.78, 5) is 25.4. The third-order valence-corrected chi connectivity index (χ3v) is 3.99. The number of aryl methyl sites for hydroxylation is 2. The van der Waals surface area contributed by atoms with Crippen LogP contribution in [0, 0.1) is 13.8 Å². The standard InChI is InChI=1S/C17H16N6O/c1-11-3-5-23-14(7-11)21-12(2)16(23)17(24)20-9-13-8-19-15-10-18-4-6-22(13)15/h3-8,10H,9H2,1-2H3,(H,20,24). The Morgan fingerprint density at radius 2 is 2.04 bits per heavy atom. The molecule has 4 rings (SSSR count). The van der Waals surface area contributed by atoms with Crippen molar-refractivity contribution in [2.24, 2.45) is 0 Å². The third-order valence-electron chi connectivity index (χ3n) is 3.99. The molecular formula is C17H16N6O. The molecule has 1 amide bonds. The molecule has 0 aliphatic carbocycles. The molecule has 0 aliphatic rings. The number of nitrogens with zero attached hydrogens (tertiary/aromatic N) is 5. The molecule has 0 radical (unpaired) electrons. The van der Waals surface area contributed by atoms with E-state index in [1.165, 1.54) is 0 Å². The van der Waals surface area contributed by atoms with E-state index in [-0.39, 0.29) is 5.91 Å². The number of carbonyl (C=O) groups is 1. The summed E-state index contributed by atoms with van der Waals surface area (Å²) in [6.45, 7) is 4.23. The number of nitrogens with one attached hydrogen (secondary N) is 1. The molecule has 4 aromatic rings. The number of carbonyl (C=O) groups excluding carboxylic acids is 1. The highest BCUT2D eigenvalue weighted by molar-refractivity contribution is 5.94. The Morgan fingerprint density at radius 1 is 1.17 bits per heavy atom. The van der Waals surface area contributed by atoms with E-state index in [0.717, 1.165) is 22.6 Å². The topological polar surface area (TPSA) is 76.6 Å². The van der Waals surface area contributed by atoms with E-state index in [2.05, 4.69) is 20.3 Å². The summed E-state index contributed by atoms with van der Waals surface area (Å²) in [6.07, 6.45) is 8.81. The van der Waals surface area contributed by atoms with Crippen LogP contribution in [-0.2, 0) is 6.54 Å². The summed E-state index contributed by atoms with van der Waals surface area (Å²) < 4.78 is 3.72. The quantitative estimate of drug-likeness (QED) is 0.626. The maximum Gasteiger partial charge on any atom is 0.270 e. The van der Waals surface area contributed by atoms with Gasteiger partial charge in [0.05, 0.1) is 30.3 Å². The van der Waals surface area contributed by atoms with E-state index >= 15 is 0 Å². The van der Waals surface area contributed by atoms with Crippen LogP contribution in [-0.4, -0.2) is 29.7 Å². The van der Waals surface area contributed by atoms with Crippen molar-refractivity contribution >= 4 is 17.2 Å². The first kappa shape index (κ1) is 14.4. The first-order chi connectivity index (χ1) is 11.6. The maximum atomic E-state index is 12.6. The number of hydrogen-bond donors (Lipinski definition) is 1. The van der Waals surface area contributed by atoms with Gasteiger partial charge in [-0.2, -0.15) is 0 Å². The first-order valence-corrected chi connectivity index (χ1v) is 7.63. The van der Waals surface area contributed by atoms with Crippen LogP contribution in [0.1, 0.15) is 27.4 Å². The summed E-state index contributed by atoms with van der Waals surface area (Å²) in [6, 6.07) is 3.92. The fourth-order valence-corrected chi connectivity index (χ4v) is 2.82. The van der Waals surface area contributed by atoms with Crippen molar-refractivity contribution in [3.05, 3.63) is 65.8 Å². The zero-order valence-electron chi connectivity index (χ0n) is 13.4. The SMILES string of the molecule is Cc1ccn2c(C(=O)NCc3cnc4cnccn34)c(C)nc2c1. The van der Waals surface area contributed by atoms with Gasteiger partial charge in [-0.1, -0.05) is 0 Å². The van der Waals surface area contributed by atoms with Crippen LogP contribution in [0.25, 0.3) is 11.3 Å². The third kappa shape index (κ3) is 2.30. The molecule has 0 bridgehead atoms. The van der Waals surface area contributed by atoms with Crippen molar-refractivity contribution in [3.63, 3.8) is 0 Å². The van der Waals surface area contributed by atoms with Crippen molar-refractivity contribution in [1.82, 2.24) is 29.1 Å². The van der Waals surface area contributed by atoms with Gasteiger partial charge in [-0.3, -0.25) is 18.6 Å². The molecule has 0 saturated heterocycles. The van der Waals surface area contributed by atoms with Crippen LogP contribution in [0.3, 0.4) is 0 Å². The van der Waals surface area contributed by atoms with Crippen LogP contribution < -0.4 is 5.32 Å².